The van der Waals surface area contributed by atoms with Gasteiger partial charge in [0.05, 0.1) is 13.3 Å². The van der Waals surface area contributed by atoms with Crippen LogP contribution < -0.4 is 5.32 Å². The molecule has 1 N–H and O–H groups in total. The highest BCUT2D eigenvalue weighted by Gasteiger charge is 2.28. The maximum atomic E-state index is 5.27. The molecule has 0 amide bonds. The van der Waals surface area contributed by atoms with Crippen molar-refractivity contribution in [1.82, 2.24) is 15.1 Å². The van der Waals surface area contributed by atoms with E-state index in [1.54, 1.807) is 0 Å². The SMILES string of the molecule is C=C(C)CN1CN(C(C)(C)C)CNC1=S. The predicted octanol–water partition coefficient (Wildman–Crippen LogP) is 1.77. The number of hydrogen-bond acceptors (Lipinski definition) is 2. The molecule has 0 bridgehead atoms. The van der Waals surface area contributed by atoms with E-state index in [0.29, 0.717) is 0 Å². The van der Waals surface area contributed by atoms with E-state index in [1.807, 2.05) is 6.92 Å². The van der Waals surface area contributed by atoms with Crippen molar-refractivity contribution < 1.29 is 0 Å². The molecule has 86 valence electrons. The van der Waals surface area contributed by atoms with Crippen molar-refractivity contribution in [2.45, 2.75) is 33.2 Å². The van der Waals surface area contributed by atoms with Crippen LogP contribution in [0.2, 0.25) is 0 Å². The smallest absolute Gasteiger partial charge is 0.171 e. The standard InChI is InChI=1S/C11H21N3S/c1-9(2)6-13-8-14(11(3,4)5)7-12-10(13)15/h1,6-8H2,2-5H3,(H,12,15). The Morgan fingerprint density at radius 3 is 2.60 bits per heavy atom. The third-order valence-electron chi connectivity index (χ3n) is 2.46. The Morgan fingerprint density at radius 2 is 2.13 bits per heavy atom. The molecular weight excluding hydrogens is 206 g/mol. The molecule has 0 aromatic rings. The molecule has 0 atom stereocenters. The van der Waals surface area contributed by atoms with Crippen LogP contribution in [0.15, 0.2) is 12.2 Å². The number of nitrogens with zero attached hydrogens (tertiary/aromatic N) is 2. The summed E-state index contributed by atoms with van der Waals surface area (Å²) in [6.07, 6.45) is 0. The lowest BCUT2D eigenvalue weighted by molar-refractivity contribution is 0.0675. The molecule has 0 spiro atoms. The summed E-state index contributed by atoms with van der Waals surface area (Å²) in [5.74, 6) is 0. The maximum absolute atomic E-state index is 5.27. The minimum absolute atomic E-state index is 0.163. The van der Waals surface area contributed by atoms with Crippen molar-refractivity contribution in [3.05, 3.63) is 12.2 Å². The summed E-state index contributed by atoms with van der Waals surface area (Å²) in [5, 5.41) is 4.07. The summed E-state index contributed by atoms with van der Waals surface area (Å²) in [6.45, 7) is 15.1. The van der Waals surface area contributed by atoms with Crippen molar-refractivity contribution in [2.24, 2.45) is 0 Å². The lowest BCUT2D eigenvalue weighted by Crippen LogP contribution is -2.61. The maximum Gasteiger partial charge on any atom is 0.171 e. The number of thiocarbonyl (C=S) groups is 1. The topological polar surface area (TPSA) is 18.5 Å². The zero-order chi connectivity index (χ0) is 11.6. The van der Waals surface area contributed by atoms with Gasteiger partial charge in [-0.3, -0.25) is 4.90 Å². The zero-order valence-electron chi connectivity index (χ0n) is 10.1. The molecule has 0 radical (unpaired) electrons. The van der Waals surface area contributed by atoms with E-state index in [-0.39, 0.29) is 5.54 Å². The van der Waals surface area contributed by atoms with Gasteiger partial charge in [0.25, 0.3) is 0 Å². The van der Waals surface area contributed by atoms with Gasteiger partial charge in [-0.15, -0.1) is 0 Å². The fourth-order valence-corrected chi connectivity index (χ4v) is 1.68. The second-order valence-electron chi connectivity index (χ2n) is 5.15. The Bertz CT molecular complexity index is 267. The lowest BCUT2D eigenvalue weighted by atomic mass is 10.1. The summed E-state index contributed by atoms with van der Waals surface area (Å²) < 4.78 is 0. The lowest BCUT2D eigenvalue weighted by Gasteiger charge is -2.44. The Hall–Kier alpha value is -0.610. The first-order valence-corrected chi connectivity index (χ1v) is 5.64. The van der Waals surface area contributed by atoms with E-state index in [9.17, 15) is 0 Å². The minimum atomic E-state index is 0.163. The van der Waals surface area contributed by atoms with Crippen LogP contribution in [0.5, 0.6) is 0 Å². The van der Waals surface area contributed by atoms with Crippen molar-refractivity contribution in [2.75, 3.05) is 19.9 Å². The van der Waals surface area contributed by atoms with E-state index in [1.165, 1.54) is 0 Å². The molecule has 0 saturated carbocycles. The summed E-state index contributed by atoms with van der Waals surface area (Å²) in [7, 11) is 0. The molecule has 1 aliphatic rings. The van der Waals surface area contributed by atoms with Gasteiger partial charge in [-0.05, 0) is 39.9 Å². The number of hydrogen-bond donors (Lipinski definition) is 1. The molecular formula is C11H21N3S. The van der Waals surface area contributed by atoms with Crippen molar-refractivity contribution in [3.63, 3.8) is 0 Å². The van der Waals surface area contributed by atoms with Crippen LogP contribution in [0.4, 0.5) is 0 Å². The van der Waals surface area contributed by atoms with E-state index in [4.69, 9.17) is 12.2 Å². The quantitative estimate of drug-likeness (QED) is 0.572. The van der Waals surface area contributed by atoms with E-state index in [2.05, 4.69) is 42.5 Å². The second kappa shape index (κ2) is 4.49. The largest absolute Gasteiger partial charge is 0.350 e. The summed E-state index contributed by atoms with van der Waals surface area (Å²) in [6, 6.07) is 0. The molecule has 15 heavy (non-hydrogen) atoms. The molecule has 1 heterocycles. The first kappa shape index (κ1) is 12.5. The molecule has 0 aromatic heterocycles. The monoisotopic (exact) mass is 227 g/mol. The van der Waals surface area contributed by atoms with Gasteiger partial charge in [0.15, 0.2) is 5.11 Å². The predicted molar refractivity (Wildman–Crippen MR) is 68.6 cm³/mol. The molecule has 0 aromatic carbocycles. The van der Waals surface area contributed by atoms with Crippen LogP contribution in [0.1, 0.15) is 27.7 Å². The third-order valence-corrected chi connectivity index (χ3v) is 2.86. The van der Waals surface area contributed by atoms with E-state index >= 15 is 0 Å². The number of nitrogens with one attached hydrogen (secondary N) is 1. The van der Waals surface area contributed by atoms with Crippen LogP contribution in [-0.4, -0.2) is 40.3 Å². The van der Waals surface area contributed by atoms with E-state index < -0.39 is 0 Å². The van der Waals surface area contributed by atoms with Gasteiger partial charge in [-0.25, -0.2) is 0 Å². The fraction of sp³-hybridized carbons (Fsp3) is 0.727. The van der Waals surface area contributed by atoms with Gasteiger partial charge < -0.3 is 10.2 Å². The third kappa shape index (κ3) is 3.47. The molecule has 1 fully saturated rings. The van der Waals surface area contributed by atoms with Gasteiger partial charge in [0, 0.05) is 12.1 Å². The highest BCUT2D eigenvalue weighted by Crippen LogP contribution is 2.16. The Labute approximate surface area is 98.1 Å². The summed E-state index contributed by atoms with van der Waals surface area (Å²) >= 11 is 5.27. The van der Waals surface area contributed by atoms with Crippen LogP contribution >= 0.6 is 12.2 Å². The van der Waals surface area contributed by atoms with Gasteiger partial charge in [0.1, 0.15) is 0 Å². The first-order valence-electron chi connectivity index (χ1n) is 5.23. The van der Waals surface area contributed by atoms with Gasteiger partial charge in [-0.2, -0.15) is 0 Å². The number of rotatable bonds is 2. The summed E-state index contributed by atoms with van der Waals surface area (Å²) in [4.78, 5) is 4.50. The van der Waals surface area contributed by atoms with Gasteiger partial charge >= 0.3 is 0 Å². The van der Waals surface area contributed by atoms with Gasteiger partial charge in [-0.1, -0.05) is 12.2 Å². The minimum Gasteiger partial charge on any atom is -0.350 e. The molecule has 3 nitrogen and oxygen atoms in total. The zero-order valence-corrected chi connectivity index (χ0v) is 10.9. The highest BCUT2D eigenvalue weighted by atomic mass is 32.1. The molecule has 0 aliphatic carbocycles. The molecule has 4 heteroatoms. The Kier molecular flexibility index (Phi) is 3.73. The van der Waals surface area contributed by atoms with E-state index in [0.717, 1.165) is 30.6 Å². The van der Waals surface area contributed by atoms with Crippen molar-refractivity contribution in [3.8, 4) is 0 Å². The molecule has 0 unspecified atom stereocenters. The Morgan fingerprint density at radius 1 is 1.53 bits per heavy atom. The van der Waals surface area contributed by atoms with Crippen molar-refractivity contribution in [1.29, 1.82) is 0 Å². The van der Waals surface area contributed by atoms with Gasteiger partial charge in [0.2, 0.25) is 0 Å². The second-order valence-corrected chi connectivity index (χ2v) is 5.53. The van der Waals surface area contributed by atoms with Crippen LogP contribution in [0, 0.1) is 0 Å². The first-order chi connectivity index (χ1) is 6.80. The highest BCUT2D eigenvalue weighted by molar-refractivity contribution is 7.80. The Balaban J connectivity index is 2.64. The summed E-state index contributed by atoms with van der Waals surface area (Å²) in [5.41, 5.74) is 1.30. The normalized spacial score (nSPS) is 18.9. The van der Waals surface area contributed by atoms with Crippen molar-refractivity contribution >= 4 is 17.3 Å². The average Bonchev–Trinajstić information content (AvgIpc) is 2.06. The molecule has 1 aliphatic heterocycles. The average molecular weight is 227 g/mol. The van der Waals surface area contributed by atoms with Crippen LogP contribution in [0.3, 0.4) is 0 Å². The van der Waals surface area contributed by atoms with Crippen LogP contribution in [0.25, 0.3) is 0 Å². The van der Waals surface area contributed by atoms with Crippen LogP contribution in [-0.2, 0) is 0 Å². The molecule has 1 saturated heterocycles. The molecule has 1 rings (SSSR count). The fourth-order valence-electron chi connectivity index (χ4n) is 1.49.